The molecule has 2 unspecified atom stereocenters. The second-order valence-electron chi connectivity index (χ2n) is 5.12. The SMILES string of the molecule is CNCC(C)C(=O)N1CCc2ccccc2C1C. The van der Waals surface area contributed by atoms with E-state index in [1.54, 1.807) is 0 Å². The van der Waals surface area contributed by atoms with Gasteiger partial charge in [0.25, 0.3) is 0 Å². The summed E-state index contributed by atoms with van der Waals surface area (Å²) in [6.45, 7) is 5.70. The van der Waals surface area contributed by atoms with Gasteiger partial charge in [-0.2, -0.15) is 0 Å². The molecule has 0 aliphatic carbocycles. The maximum absolute atomic E-state index is 12.4. The van der Waals surface area contributed by atoms with Crippen molar-refractivity contribution in [2.75, 3.05) is 20.1 Å². The van der Waals surface area contributed by atoms with Crippen LogP contribution in [0.2, 0.25) is 0 Å². The molecule has 3 heteroatoms. The van der Waals surface area contributed by atoms with Gasteiger partial charge in [-0.25, -0.2) is 0 Å². The fourth-order valence-electron chi connectivity index (χ4n) is 2.75. The molecule has 3 nitrogen and oxygen atoms in total. The fourth-order valence-corrected chi connectivity index (χ4v) is 2.75. The van der Waals surface area contributed by atoms with Crippen molar-refractivity contribution in [3.63, 3.8) is 0 Å². The lowest BCUT2D eigenvalue weighted by Gasteiger charge is -2.36. The van der Waals surface area contributed by atoms with Crippen molar-refractivity contribution in [3.05, 3.63) is 35.4 Å². The molecule has 98 valence electrons. The van der Waals surface area contributed by atoms with E-state index in [1.807, 2.05) is 18.9 Å². The topological polar surface area (TPSA) is 32.3 Å². The summed E-state index contributed by atoms with van der Waals surface area (Å²) in [5.41, 5.74) is 2.68. The van der Waals surface area contributed by atoms with Gasteiger partial charge < -0.3 is 10.2 Å². The highest BCUT2D eigenvalue weighted by Crippen LogP contribution is 2.29. The first-order valence-corrected chi connectivity index (χ1v) is 6.68. The minimum atomic E-state index is 0.0442. The monoisotopic (exact) mass is 246 g/mol. The molecule has 0 aromatic heterocycles. The fraction of sp³-hybridized carbons (Fsp3) is 0.533. The van der Waals surface area contributed by atoms with Gasteiger partial charge in [-0.05, 0) is 31.5 Å². The van der Waals surface area contributed by atoms with Gasteiger partial charge in [0.05, 0.1) is 6.04 Å². The lowest BCUT2D eigenvalue weighted by atomic mass is 9.92. The molecule has 0 radical (unpaired) electrons. The summed E-state index contributed by atoms with van der Waals surface area (Å²) < 4.78 is 0. The van der Waals surface area contributed by atoms with Crippen LogP contribution in [-0.2, 0) is 11.2 Å². The van der Waals surface area contributed by atoms with Crippen molar-refractivity contribution in [2.24, 2.45) is 5.92 Å². The molecule has 2 atom stereocenters. The lowest BCUT2D eigenvalue weighted by Crippen LogP contribution is -2.43. The zero-order valence-corrected chi connectivity index (χ0v) is 11.4. The predicted octanol–water partition coefficient (Wildman–Crippen LogP) is 1.99. The Balaban J connectivity index is 2.16. The van der Waals surface area contributed by atoms with Crippen LogP contribution in [0, 0.1) is 5.92 Å². The molecule has 2 rings (SSSR count). The number of carbonyl (C=O) groups excluding carboxylic acids is 1. The van der Waals surface area contributed by atoms with Gasteiger partial charge in [-0.3, -0.25) is 4.79 Å². The van der Waals surface area contributed by atoms with Gasteiger partial charge >= 0.3 is 0 Å². The van der Waals surface area contributed by atoms with Crippen LogP contribution in [-0.4, -0.2) is 30.9 Å². The average molecular weight is 246 g/mol. The number of carbonyl (C=O) groups is 1. The van der Waals surface area contributed by atoms with Crippen LogP contribution >= 0.6 is 0 Å². The Kier molecular flexibility index (Phi) is 4.02. The second-order valence-corrected chi connectivity index (χ2v) is 5.12. The van der Waals surface area contributed by atoms with Crippen LogP contribution in [0.15, 0.2) is 24.3 Å². The molecule has 1 N–H and O–H groups in total. The smallest absolute Gasteiger partial charge is 0.227 e. The molecule has 0 saturated heterocycles. The molecule has 1 amide bonds. The quantitative estimate of drug-likeness (QED) is 0.884. The molecule has 0 fully saturated rings. The number of amides is 1. The van der Waals surface area contributed by atoms with E-state index in [9.17, 15) is 4.79 Å². The van der Waals surface area contributed by atoms with Crippen molar-refractivity contribution >= 4 is 5.91 Å². The first kappa shape index (κ1) is 13.1. The molecule has 1 aromatic rings. The van der Waals surface area contributed by atoms with Crippen molar-refractivity contribution in [3.8, 4) is 0 Å². The van der Waals surface area contributed by atoms with E-state index in [2.05, 4.69) is 36.5 Å². The molecule has 1 aliphatic heterocycles. The molecule has 0 saturated carbocycles. The van der Waals surface area contributed by atoms with Crippen LogP contribution in [0.4, 0.5) is 0 Å². The third-order valence-corrected chi connectivity index (χ3v) is 3.81. The maximum atomic E-state index is 12.4. The Morgan fingerprint density at radius 3 is 2.94 bits per heavy atom. The normalized spacial score (nSPS) is 20.4. The standard InChI is InChI=1S/C15H22N2O/c1-11(10-16-3)15(18)17-9-8-13-6-4-5-7-14(13)12(17)2/h4-7,11-12,16H,8-10H2,1-3H3. The predicted molar refractivity (Wildman–Crippen MR) is 73.4 cm³/mol. The van der Waals surface area contributed by atoms with Crippen LogP contribution in [0.1, 0.15) is 31.0 Å². The molecule has 1 aliphatic rings. The van der Waals surface area contributed by atoms with Crippen LogP contribution in [0.3, 0.4) is 0 Å². The maximum Gasteiger partial charge on any atom is 0.227 e. The summed E-state index contributed by atoms with van der Waals surface area (Å²) in [6.07, 6.45) is 0.971. The van der Waals surface area contributed by atoms with E-state index >= 15 is 0 Å². The molecule has 0 spiro atoms. The van der Waals surface area contributed by atoms with Gasteiger partial charge in [0, 0.05) is 19.0 Å². The molecule has 1 aromatic carbocycles. The number of benzene rings is 1. The van der Waals surface area contributed by atoms with E-state index in [0.717, 1.165) is 19.5 Å². The summed E-state index contributed by atoms with van der Waals surface area (Å²) in [5.74, 6) is 0.300. The van der Waals surface area contributed by atoms with Gasteiger partial charge in [-0.15, -0.1) is 0 Å². The van der Waals surface area contributed by atoms with Gasteiger partial charge in [-0.1, -0.05) is 31.2 Å². The molecular weight excluding hydrogens is 224 g/mol. The Morgan fingerprint density at radius 1 is 1.50 bits per heavy atom. The summed E-state index contributed by atoms with van der Waals surface area (Å²) in [7, 11) is 1.89. The highest BCUT2D eigenvalue weighted by Gasteiger charge is 2.29. The molecule has 18 heavy (non-hydrogen) atoms. The Morgan fingerprint density at radius 2 is 2.22 bits per heavy atom. The Hall–Kier alpha value is -1.35. The third-order valence-electron chi connectivity index (χ3n) is 3.81. The molecule has 1 heterocycles. The average Bonchev–Trinajstić information content (AvgIpc) is 2.39. The van der Waals surface area contributed by atoms with E-state index in [4.69, 9.17) is 0 Å². The van der Waals surface area contributed by atoms with E-state index < -0.39 is 0 Å². The number of hydrogen-bond donors (Lipinski definition) is 1. The zero-order valence-electron chi connectivity index (χ0n) is 11.4. The highest BCUT2D eigenvalue weighted by molar-refractivity contribution is 5.79. The van der Waals surface area contributed by atoms with Gasteiger partial charge in [0.1, 0.15) is 0 Å². The third kappa shape index (κ3) is 2.41. The molecular formula is C15H22N2O. The Bertz CT molecular complexity index is 430. The minimum absolute atomic E-state index is 0.0442. The number of nitrogens with one attached hydrogen (secondary N) is 1. The van der Waals surface area contributed by atoms with Crippen LogP contribution in [0.25, 0.3) is 0 Å². The number of hydrogen-bond acceptors (Lipinski definition) is 2. The van der Waals surface area contributed by atoms with Crippen molar-refractivity contribution in [1.82, 2.24) is 10.2 Å². The minimum Gasteiger partial charge on any atom is -0.335 e. The number of rotatable bonds is 3. The highest BCUT2D eigenvalue weighted by atomic mass is 16.2. The zero-order chi connectivity index (χ0) is 13.1. The van der Waals surface area contributed by atoms with Crippen molar-refractivity contribution in [1.29, 1.82) is 0 Å². The second kappa shape index (κ2) is 5.53. The first-order chi connectivity index (χ1) is 8.65. The Labute approximate surface area is 109 Å². The summed E-state index contributed by atoms with van der Waals surface area (Å²) in [6, 6.07) is 8.64. The van der Waals surface area contributed by atoms with Gasteiger partial charge in [0.15, 0.2) is 0 Å². The first-order valence-electron chi connectivity index (χ1n) is 6.68. The largest absolute Gasteiger partial charge is 0.335 e. The van der Waals surface area contributed by atoms with E-state index in [1.165, 1.54) is 11.1 Å². The van der Waals surface area contributed by atoms with Crippen LogP contribution in [0.5, 0.6) is 0 Å². The van der Waals surface area contributed by atoms with E-state index in [0.29, 0.717) is 0 Å². The van der Waals surface area contributed by atoms with Gasteiger partial charge in [0.2, 0.25) is 5.91 Å². The number of nitrogens with zero attached hydrogens (tertiary/aromatic N) is 1. The summed E-state index contributed by atoms with van der Waals surface area (Å²) in [4.78, 5) is 14.4. The molecule has 0 bridgehead atoms. The van der Waals surface area contributed by atoms with E-state index in [-0.39, 0.29) is 17.9 Å². The summed E-state index contributed by atoms with van der Waals surface area (Å²) in [5, 5.41) is 3.07. The summed E-state index contributed by atoms with van der Waals surface area (Å²) >= 11 is 0. The van der Waals surface area contributed by atoms with Crippen molar-refractivity contribution in [2.45, 2.75) is 26.3 Å². The van der Waals surface area contributed by atoms with Crippen molar-refractivity contribution < 1.29 is 4.79 Å². The number of fused-ring (bicyclic) bond motifs is 1. The van der Waals surface area contributed by atoms with Crippen LogP contribution < -0.4 is 5.32 Å². The lowest BCUT2D eigenvalue weighted by molar-refractivity contribution is -0.137.